The van der Waals surface area contributed by atoms with Gasteiger partial charge < -0.3 is 4.90 Å². The van der Waals surface area contributed by atoms with Gasteiger partial charge in [0.1, 0.15) is 5.65 Å². The van der Waals surface area contributed by atoms with Gasteiger partial charge in [0.25, 0.3) is 5.56 Å². The minimum absolute atomic E-state index is 0.119. The molecule has 2 aromatic rings. The topological polar surface area (TPSA) is 54.7 Å². The van der Waals surface area contributed by atoms with Crippen molar-refractivity contribution in [2.75, 3.05) is 6.54 Å². The van der Waals surface area contributed by atoms with Crippen LogP contribution >= 0.6 is 11.6 Å². The number of hydrogen-bond acceptors (Lipinski definition) is 3. The van der Waals surface area contributed by atoms with Crippen molar-refractivity contribution in [2.45, 2.75) is 32.2 Å². The van der Waals surface area contributed by atoms with Crippen molar-refractivity contribution >= 4 is 23.2 Å². The van der Waals surface area contributed by atoms with Gasteiger partial charge in [-0.05, 0) is 30.9 Å². The van der Waals surface area contributed by atoms with Crippen LogP contribution in [0.25, 0.3) is 5.65 Å². The molecular formula is C16H16ClN3O2. The predicted molar refractivity (Wildman–Crippen MR) is 82.9 cm³/mol. The van der Waals surface area contributed by atoms with Crippen LogP contribution in [-0.4, -0.2) is 26.7 Å². The molecule has 4 rings (SSSR count). The number of fused-ring (bicyclic) bond motifs is 2. The summed E-state index contributed by atoms with van der Waals surface area (Å²) in [6.45, 7) is 1.01. The Morgan fingerprint density at radius 1 is 1.36 bits per heavy atom. The summed E-state index contributed by atoms with van der Waals surface area (Å²) in [6.07, 6.45) is 5.15. The molecule has 0 N–H and O–H groups in total. The Bertz CT molecular complexity index is 826. The van der Waals surface area contributed by atoms with E-state index in [1.54, 1.807) is 23.2 Å². The van der Waals surface area contributed by atoms with Crippen molar-refractivity contribution in [3.05, 3.63) is 45.0 Å². The molecule has 0 saturated heterocycles. The maximum Gasteiger partial charge on any atom is 0.263 e. The van der Waals surface area contributed by atoms with Gasteiger partial charge in [0.2, 0.25) is 5.91 Å². The first-order chi connectivity index (χ1) is 10.6. The molecule has 0 bridgehead atoms. The second-order valence-electron chi connectivity index (χ2n) is 6.13. The Morgan fingerprint density at radius 2 is 2.18 bits per heavy atom. The molecule has 0 aromatic carbocycles. The van der Waals surface area contributed by atoms with E-state index in [0.29, 0.717) is 48.1 Å². The molecule has 22 heavy (non-hydrogen) atoms. The van der Waals surface area contributed by atoms with Crippen LogP contribution in [0.2, 0.25) is 5.02 Å². The average Bonchev–Trinajstić information content (AvgIpc) is 3.32. The molecule has 2 aliphatic rings. The van der Waals surface area contributed by atoms with Crippen LogP contribution in [0, 0.1) is 5.92 Å². The number of amides is 1. The monoisotopic (exact) mass is 317 g/mol. The Labute approximate surface area is 132 Å². The third-order valence-electron chi connectivity index (χ3n) is 4.45. The van der Waals surface area contributed by atoms with Crippen LogP contribution in [0.5, 0.6) is 0 Å². The highest BCUT2D eigenvalue weighted by atomic mass is 35.5. The van der Waals surface area contributed by atoms with E-state index < -0.39 is 0 Å². The fourth-order valence-electron chi connectivity index (χ4n) is 2.98. The van der Waals surface area contributed by atoms with Gasteiger partial charge in [-0.25, -0.2) is 4.98 Å². The van der Waals surface area contributed by atoms with Crippen LogP contribution in [-0.2, 0) is 17.8 Å². The standard InChI is InChI=1S/C16H16ClN3O2/c17-11-3-4-14-18-13-5-6-19(15(21)7-10-1-2-10)9-12(13)16(22)20(14)8-11/h3-4,8,10H,1-2,5-7,9H2. The Kier molecular flexibility index (Phi) is 3.18. The van der Waals surface area contributed by atoms with Crippen molar-refractivity contribution < 1.29 is 4.79 Å². The van der Waals surface area contributed by atoms with E-state index in [0.717, 1.165) is 18.5 Å². The fourth-order valence-corrected chi connectivity index (χ4v) is 3.14. The average molecular weight is 318 g/mol. The molecule has 1 aliphatic carbocycles. The highest BCUT2D eigenvalue weighted by Crippen LogP contribution is 2.33. The minimum Gasteiger partial charge on any atom is -0.338 e. The SMILES string of the molecule is O=C(CC1CC1)N1CCc2nc3ccc(Cl)cn3c(=O)c2C1. The molecule has 1 fully saturated rings. The highest BCUT2D eigenvalue weighted by molar-refractivity contribution is 6.30. The smallest absolute Gasteiger partial charge is 0.263 e. The van der Waals surface area contributed by atoms with Gasteiger partial charge in [0.15, 0.2) is 0 Å². The summed E-state index contributed by atoms with van der Waals surface area (Å²) in [4.78, 5) is 31.3. The number of halogens is 1. The zero-order chi connectivity index (χ0) is 15.3. The summed E-state index contributed by atoms with van der Waals surface area (Å²) in [5, 5.41) is 0.494. The summed E-state index contributed by atoms with van der Waals surface area (Å²) in [6, 6.07) is 3.47. The Balaban J connectivity index is 1.71. The quantitative estimate of drug-likeness (QED) is 0.851. The summed E-state index contributed by atoms with van der Waals surface area (Å²) < 4.78 is 1.47. The molecule has 0 spiro atoms. The lowest BCUT2D eigenvalue weighted by molar-refractivity contribution is -0.132. The molecule has 5 nitrogen and oxygen atoms in total. The van der Waals surface area contributed by atoms with Gasteiger partial charge in [-0.2, -0.15) is 0 Å². The van der Waals surface area contributed by atoms with E-state index in [4.69, 9.17) is 11.6 Å². The zero-order valence-electron chi connectivity index (χ0n) is 12.1. The third kappa shape index (κ3) is 2.39. The number of hydrogen-bond donors (Lipinski definition) is 0. The lowest BCUT2D eigenvalue weighted by Crippen LogP contribution is -2.40. The Morgan fingerprint density at radius 3 is 2.95 bits per heavy atom. The number of aromatic nitrogens is 2. The first-order valence-electron chi connectivity index (χ1n) is 7.59. The van der Waals surface area contributed by atoms with Crippen LogP contribution < -0.4 is 5.56 Å². The van der Waals surface area contributed by atoms with E-state index >= 15 is 0 Å². The first kappa shape index (κ1) is 13.8. The normalized spacial score (nSPS) is 17.6. The van der Waals surface area contributed by atoms with E-state index in [1.165, 1.54) is 4.40 Å². The largest absolute Gasteiger partial charge is 0.338 e. The molecule has 0 radical (unpaired) electrons. The van der Waals surface area contributed by atoms with Gasteiger partial charge in [-0.15, -0.1) is 0 Å². The number of pyridine rings is 1. The number of nitrogens with zero attached hydrogens (tertiary/aromatic N) is 3. The summed E-state index contributed by atoms with van der Waals surface area (Å²) >= 11 is 5.97. The molecule has 1 aliphatic heterocycles. The lowest BCUT2D eigenvalue weighted by atomic mass is 10.1. The van der Waals surface area contributed by atoms with Crippen molar-refractivity contribution in [1.29, 1.82) is 0 Å². The molecule has 1 amide bonds. The molecule has 114 valence electrons. The second kappa shape index (κ2) is 5.09. The number of carbonyl (C=O) groups excluding carboxylic acids is 1. The van der Waals surface area contributed by atoms with Crippen molar-refractivity contribution in [3.8, 4) is 0 Å². The summed E-state index contributed by atoms with van der Waals surface area (Å²) in [5.41, 5.74) is 1.91. The van der Waals surface area contributed by atoms with E-state index in [9.17, 15) is 9.59 Å². The number of rotatable bonds is 2. The molecular weight excluding hydrogens is 302 g/mol. The molecule has 2 aromatic heterocycles. The van der Waals surface area contributed by atoms with E-state index in [1.807, 2.05) is 0 Å². The van der Waals surface area contributed by atoms with Crippen LogP contribution in [0.4, 0.5) is 0 Å². The van der Waals surface area contributed by atoms with Crippen LogP contribution in [0.15, 0.2) is 23.1 Å². The summed E-state index contributed by atoms with van der Waals surface area (Å²) in [7, 11) is 0. The van der Waals surface area contributed by atoms with Crippen molar-refractivity contribution in [2.24, 2.45) is 5.92 Å². The predicted octanol–water partition coefficient (Wildman–Crippen LogP) is 2.03. The van der Waals surface area contributed by atoms with Crippen molar-refractivity contribution in [1.82, 2.24) is 14.3 Å². The molecule has 1 saturated carbocycles. The maximum atomic E-state index is 12.7. The van der Waals surface area contributed by atoms with Gasteiger partial charge in [0.05, 0.1) is 22.8 Å². The number of carbonyl (C=O) groups is 1. The minimum atomic E-state index is -0.119. The van der Waals surface area contributed by atoms with Crippen molar-refractivity contribution in [3.63, 3.8) is 0 Å². The first-order valence-corrected chi connectivity index (χ1v) is 7.97. The second-order valence-corrected chi connectivity index (χ2v) is 6.57. The molecule has 0 unspecified atom stereocenters. The van der Waals surface area contributed by atoms with Gasteiger partial charge >= 0.3 is 0 Å². The van der Waals surface area contributed by atoms with Gasteiger partial charge in [-0.1, -0.05) is 11.6 Å². The van der Waals surface area contributed by atoms with Crippen LogP contribution in [0.3, 0.4) is 0 Å². The lowest BCUT2D eigenvalue weighted by Gasteiger charge is -2.28. The highest BCUT2D eigenvalue weighted by Gasteiger charge is 2.30. The molecule has 3 heterocycles. The summed E-state index contributed by atoms with van der Waals surface area (Å²) in [5.74, 6) is 0.715. The molecule has 6 heteroatoms. The van der Waals surface area contributed by atoms with Crippen LogP contribution in [0.1, 0.15) is 30.5 Å². The van der Waals surface area contributed by atoms with E-state index in [2.05, 4.69) is 4.98 Å². The zero-order valence-corrected chi connectivity index (χ0v) is 12.8. The van der Waals surface area contributed by atoms with E-state index in [-0.39, 0.29) is 11.5 Å². The molecule has 0 atom stereocenters. The fraction of sp³-hybridized carbons (Fsp3) is 0.438. The Hall–Kier alpha value is -1.88. The third-order valence-corrected chi connectivity index (χ3v) is 4.67. The van der Waals surface area contributed by atoms with Gasteiger partial charge in [0, 0.05) is 25.6 Å². The maximum absolute atomic E-state index is 12.7. The van der Waals surface area contributed by atoms with Gasteiger partial charge in [-0.3, -0.25) is 14.0 Å².